The lowest BCUT2D eigenvalue weighted by Gasteiger charge is -2.08. The number of nitrogens with zero attached hydrogens (tertiary/aromatic N) is 1. The fraction of sp³-hybridized carbons (Fsp3) is 0.364. The molecule has 0 fully saturated rings. The summed E-state index contributed by atoms with van der Waals surface area (Å²) >= 11 is 0. The molecule has 17 heavy (non-hydrogen) atoms. The Hall–Kier alpha value is -1.42. The number of rotatable bonds is 5. The van der Waals surface area contributed by atoms with Crippen molar-refractivity contribution in [3.63, 3.8) is 0 Å². The lowest BCUT2D eigenvalue weighted by Crippen LogP contribution is -2.25. The highest BCUT2D eigenvalue weighted by Crippen LogP contribution is 2.09. The van der Waals surface area contributed by atoms with Gasteiger partial charge in [0.05, 0.1) is 23.1 Å². The van der Waals surface area contributed by atoms with E-state index in [4.69, 9.17) is 10.1 Å². The van der Waals surface area contributed by atoms with E-state index in [1.54, 1.807) is 0 Å². The molecule has 0 bridgehead atoms. The molecule has 5 nitrogen and oxygen atoms in total. The van der Waals surface area contributed by atoms with E-state index in [0.29, 0.717) is 12.2 Å². The first kappa shape index (κ1) is 13.6. The van der Waals surface area contributed by atoms with E-state index in [0.717, 1.165) is 0 Å². The minimum atomic E-state index is -3.66. The van der Waals surface area contributed by atoms with Crippen molar-refractivity contribution in [3.8, 4) is 6.07 Å². The molecule has 1 rings (SSSR count). The summed E-state index contributed by atoms with van der Waals surface area (Å²) in [5.41, 5.74) is 0.409. The zero-order chi connectivity index (χ0) is 12.9. The lowest BCUT2D eigenvalue weighted by atomic mass is 10.2. The highest BCUT2D eigenvalue weighted by molar-refractivity contribution is 7.89. The van der Waals surface area contributed by atoms with Crippen molar-refractivity contribution in [1.29, 1.82) is 5.26 Å². The summed E-state index contributed by atoms with van der Waals surface area (Å²) < 4.78 is 23.4. The van der Waals surface area contributed by atoms with Crippen LogP contribution in [0.1, 0.15) is 19.4 Å². The molecule has 1 aromatic rings. The van der Waals surface area contributed by atoms with E-state index < -0.39 is 10.0 Å². The van der Waals surface area contributed by atoms with Crippen LogP contribution in [0, 0.1) is 17.2 Å². The van der Waals surface area contributed by atoms with Gasteiger partial charge in [0.1, 0.15) is 0 Å². The molecule has 0 radical (unpaired) electrons. The normalized spacial score (nSPS) is 11.4. The van der Waals surface area contributed by atoms with Gasteiger partial charge >= 0.3 is 0 Å². The second kappa shape index (κ2) is 5.77. The molecule has 0 aromatic heterocycles. The van der Waals surface area contributed by atoms with Crippen LogP contribution in [0.3, 0.4) is 0 Å². The first-order valence-corrected chi connectivity index (χ1v) is 6.58. The SMILES string of the molecule is CC(C)CONS(=O)(=O)c1ccc(C#N)cc1. The summed E-state index contributed by atoms with van der Waals surface area (Å²) in [6.07, 6.45) is 0. The standard InChI is InChI=1S/C11H14N2O3S/c1-9(2)8-16-13-17(14,15)11-5-3-10(7-12)4-6-11/h3-6,9,13H,8H2,1-2H3. The van der Waals surface area contributed by atoms with Crippen LogP contribution in [0.2, 0.25) is 0 Å². The van der Waals surface area contributed by atoms with E-state index in [1.807, 2.05) is 24.8 Å². The molecule has 92 valence electrons. The van der Waals surface area contributed by atoms with Gasteiger partial charge in [-0.3, -0.25) is 4.84 Å². The third-order valence-corrected chi connectivity index (χ3v) is 3.11. The van der Waals surface area contributed by atoms with E-state index in [9.17, 15) is 8.42 Å². The molecule has 0 saturated heterocycles. The Bertz CT molecular complexity index is 501. The number of nitriles is 1. The van der Waals surface area contributed by atoms with Gasteiger partial charge in [0.25, 0.3) is 10.0 Å². The van der Waals surface area contributed by atoms with Gasteiger partial charge in [-0.05, 0) is 30.2 Å². The van der Waals surface area contributed by atoms with Crippen LogP contribution in [-0.4, -0.2) is 15.0 Å². The zero-order valence-electron chi connectivity index (χ0n) is 9.67. The summed E-state index contributed by atoms with van der Waals surface area (Å²) in [4.78, 5) is 6.97. The summed E-state index contributed by atoms with van der Waals surface area (Å²) in [7, 11) is -3.66. The van der Waals surface area contributed by atoms with Gasteiger partial charge in [0.2, 0.25) is 0 Å². The molecule has 1 N–H and O–H groups in total. The van der Waals surface area contributed by atoms with Crippen LogP contribution < -0.4 is 4.89 Å². The van der Waals surface area contributed by atoms with Crippen molar-refractivity contribution < 1.29 is 13.3 Å². The Morgan fingerprint density at radius 2 is 1.94 bits per heavy atom. The van der Waals surface area contributed by atoms with Gasteiger partial charge in [0, 0.05) is 0 Å². The highest BCUT2D eigenvalue weighted by atomic mass is 32.2. The quantitative estimate of drug-likeness (QED) is 0.806. The van der Waals surface area contributed by atoms with Crippen molar-refractivity contribution in [3.05, 3.63) is 29.8 Å². The third-order valence-electron chi connectivity index (χ3n) is 1.88. The van der Waals surface area contributed by atoms with Crippen molar-refractivity contribution in [2.75, 3.05) is 6.61 Å². The molecule has 0 atom stereocenters. The summed E-state index contributed by atoms with van der Waals surface area (Å²) in [5, 5.41) is 8.59. The predicted molar refractivity (Wildman–Crippen MR) is 62.3 cm³/mol. The summed E-state index contributed by atoms with van der Waals surface area (Å²) in [6.45, 7) is 4.13. The van der Waals surface area contributed by atoms with E-state index in [1.165, 1.54) is 24.3 Å². The second-order valence-electron chi connectivity index (χ2n) is 3.93. The third kappa shape index (κ3) is 4.15. The Morgan fingerprint density at radius 1 is 1.35 bits per heavy atom. The Labute approximate surface area is 101 Å². The number of benzene rings is 1. The Morgan fingerprint density at radius 3 is 2.41 bits per heavy atom. The maximum Gasteiger partial charge on any atom is 0.262 e. The molecule has 0 saturated carbocycles. The number of hydrogen-bond acceptors (Lipinski definition) is 4. The summed E-state index contributed by atoms with van der Waals surface area (Å²) in [5.74, 6) is 0.235. The maximum atomic E-state index is 11.7. The Balaban J connectivity index is 2.73. The van der Waals surface area contributed by atoms with Crippen LogP contribution >= 0.6 is 0 Å². The Kier molecular flexibility index (Phi) is 4.63. The topological polar surface area (TPSA) is 79.2 Å². The molecule has 0 spiro atoms. The van der Waals surface area contributed by atoms with Crippen molar-refractivity contribution in [2.24, 2.45) is 5.92 Å². The molecule has 0 aliphatic carbocycles. The van der Waals surface area contributed by atoms with Crippen LogP contribution in [0.15, 0.2) is 29.2 Å². The van der Waals surface area contributed by atoms with Crippen LogP contribution in [0.4, 0.5) is 0 Å². The van der Waals surface area contributed by atoms with E-state index >= 15 is 0 Å². The smallest absolute Gasteiger partial charge is 0.262 e. The van der Waals surface area contributed by atoms with Crippen LogP contribution in [-0.2, 0) is 14.9 Å². The van der Waals surface area contributed by atoms with Crippen LogP contribution in [0.5, 0.6) is 0 Å². The molecule has 0 amide bonds. The van der Waals surface area contributed by atoms with E-state index in [2.05, 4.69) is 0 Å². The van der Waals surface area contributed by atoms with Gasteiger partial charge < -0.3 is 0 Å². The molecule has 1 aromatic carbocycles. The van der Waals surface area contributed by atoms with Gasteiger partial charge in [-0.1, -0.05) is 18.7 Å². The molecule has 0 aliphatic rings. The first-order valence-electron chi connectivity index (χ1n) is 5.09. The largest absolute Gasteiger partial charge is 0.287 e. The van der Waals surface area contributed by atoms with Gasteiger partial charge in [-0.15, -0.1) is 0 Å². The van der Waals surface area contributed by atoms with Crippen LogP contribution in [0.25, 0.3) is 0 Å². The number of hydrogen-bond donors (Lipinski definition) is 1. The van der Waals surface area contributed by atoms with Gasteiger partial charge in [-0.2, -0.15) is 5.26 Å². The zero-order valence-corrected chi connectivity index (χ0v) is 10.5. The average Bonchev–Trinajstić information content (AvgIpc) is 2.28. The fourth-order valence-corrected chi connectivity index (χ4v) is 1.85. The minimum absolute atomic E-state index is 0.0697. The van der Waals surface area contributed by atoms with Crippen molar-refractivity contribution in [1.82, 2.24) is 4.89 Å². The molecule has 6 heteroatoms. The monoisotopic (exact) mass is 254 g/mol. The second-order valence-corrected chi connectivity index (χ2v) is 5.57. The maximum absolute atomic E-state index is 11.7. The molecular formula is C11H14N2O3S. The lowest BCUT2D eigenvalue weighted by molar-refractivity contribution is 0.0719. The van der Waals surface area contributed by atoms with Gasteiger partial charge in [0.15, 0.2) is 0 Å². The van der Waals surface area contributed by atoms with Crippen molar-refractivity contribution in [2.45, 2.75) is 18.7 Å². The van der Waals surface area contributed by atoms with Gasteiger partial charge in [-0.25, -0.2) is 8.42 Å². The molecule has 0 aliphatic heterocycles. The fourth-order valence-electron chi connectivity index (χ4n) is 1.03. The molecule has 0 unspecified atom stereocenters. The average molecular weight is 254 g/mol. The minimum Gasteiger partial charge on any atom is -0.287 e. The number of sulfonamides is 1. The molecular weight excluding hydrogens is 240 g/mol. The highest BCUT2D eigenvalue weighted by Gasteiger charge is 2.13. The molecule has 0 heterocycles. The first-order chi connectivity index (χ1) is 7.95. The predicted octanol–water partition coefficient (Wildman–Crippen LogP) is 1.42. The summed E-state index contributed by atoms with van der Waals surface area (Å²) in [6, 6.07) is 7.52. The number of nitrogens with one attached hydrogen (secondary N) is 1. The van der Waals surface area contributed by atoms with E-state index in [-0.39, 0.29) is 10.8 Å². The van der Waals surface area contributed by atoms with Crippen molar-refractivity contribution >= 4 is 10.0 Å².